The molecule has 6 heteroatoms. The van der Waals surface area contributed by atoms with E-state index in [2.05, 4.69) is 77.1 Å². The third kappa shape index (κ3) is 5.02. The number of benzene rings is 2. The number of fused-ring (bicyclic) bond motifs is 1. The number of aryl methyl sites for hydroxylation is 1. The topological polar surface area (TPSA) is 45.5 Å². The first-order valence-corrected chi connectivity index (χ1v) is 12.5. The largest absolute Gasteiger partial charge is 0.306 e. The summed E-state index contributed by atoms with van der Waals surface area (Å²) in [5, 5.41) is 9.39. The number of rotatable bonds is 7. The van der Waals surface area contributed by atoms with Crippen molar-refractivity contribution in [3.8, 4) is 0 Å². The molecule has 1 saturated heterocycles. The Morgan fingerprint density at radius 1 is 1.09 bits per heavy atom. The zero-order chi connectivity index (χ0) is 23.5. The Morgan fingerprint density at radius 3 is 2.68 bits per heavy atom. The maximum atomic E-state index is 6.06. The van der Waals surface area contributed by atoms with Crippen LogP contribution in [0.4, 0.5) is 0 Å². The maximum Gasteiger partial charge on any atom is 0.159 e. The highest BCUT2D eigenvalue weighted by Crippen LogP contribution is 2.29. The number of aromatic nitrogens is 3. The Morgan fingerprint density at radius 2 is 1.88 bits per heavy atom. The van der Waals surface area contributed by atoms with Gasteiger partial charge in [-0.15, -0.1) is 0 Å². The van der Waals surface area contributed by atoms with E-state index in [1.165, 1.54) is 35.2 Å². The summed E-state index contributed by atoms with van der Waals surface area (Å²) in [6.07, 6.45) is 4.31. The minimum atomic E-state index is 0.263. The van der Waals surface area contributed by atoms with Crippen LogP contribution in [-0.4, -0.2) is 32.6 Å². The van der Waals surface area contributed by atoms with Gasteiger partial charge in [-0.3, -0.25) is 4.90 Å². The normalized spacial score (nSPS) is 17.8. The van der Waals surface area contributed by atoms with Crippen LogP contribution in [0.3, 0.4) is 0 Å². The van der Waals surface area contributed by atoms with Crippen LogP contribution in [0.5, 0.6) is 0 Å². The molecule has 2 aromatic heterocycles. The van der Waals surface area contributed by atoms with Crippen LogP contribution in [-0.2, 0) is 13.1 Å². The van der Waals surface area contributed by atoms with Crippen molar-refractivity contribution in [3.63, 3.8) is 0 Å². The maximum absolute atomic E-state index is 6.06. The highest BCUT2D eigenvalue weighted by atomic mass is 35.5. The Balaban J connectivity index is 1.33. The predicted octanol–water partition coefficient (Wildman–Crippen LogP) is 5.92. The summed E-state index contributed by atoms with van der Waals surface area (Å²) >= 11 is 6.06. The lowest BCUT2D eigenvalue weighted by Gasteiger charge is -2.33. The van der Waals surface area contributed by atoms with Crippen LogP contribution in [0.25, 0.3) is 5.65 Å². The summed E-state index contributed by atoms with van der Waals surface area (Å²) in [5.41, 5.74) is 7.04. The molecule has 176 valence electrons. The van der Waals surface area contributed by atoms with Crippen LogP contribution in [0.2, 0.25) is 5.02 Å². The Bertz CT molecular complexity index is 1240. The van der Waals surface area contributed by atoms with Gasteiger partial charge in [0, 0.05) is 48.4 Å². The van der Waals surface area contributed by atoms with Gasteiger partial charge in [-0.25, -0.2) is 9.50 Å². The van der Waals surface area contributed by atoms with Crippen molar-refractivity contribution >= 4 is 17.2 Å². The Hall–Kier alpha value is -2.73. The minimum Gasteiger partial charge on any atom is -0.306 e. The van der Waals surface area contributed by atoms with Crippen LogP contribution >= 0.6 is 11.6 Å². The van der Waals surface area contributed by atoms with Crippen molar-refractivity contribution in [1.29, 1.82) is 0 Å². The molecule has 0 radical (unpaired) electrons. The van der Waals surface area contributed by atoms with Gasteiger partial charge in [-0.05, 0) is 62.6 Å². The summed E-state index contributed by atoms with van der Waals surface area (Å²) in [4.78, 5) is 7.28. The van der Waals surface area contributed by atoms with E-state index < -0.39 is 0 Å². The molecule has 1 N–H and O–H groups in total. The molecule has 2 aromatic carbocycles. The number of piperidine rings is 1. The fourth-order valence-corrected chi connectivity index (χ4v) is 5.16. The minimum absolute atomic E-state index is 0.263. The summed E-state index contributed by atoms with van der Waals surface area (Å²) < 4.78 is 2.09. The number of nitrogens with zero attached hydrogens (tertiary/aromatic N) is 4. The van der Waals surface area contributed by atoms with Crippen molar-refractivity contribution in [1.82, 2.24) is 24.8 Å². The molecule has 5 rings (SSSR count). The summed E-state index contributed by atoms with van der Waals surface area (Å²) in [7, 11) is 0. The second-order valence-corrected chi connectivity index (χ2v) is 9.82. The molecular weight excluding hydrogens is 442 g/mol. The van der Waals surface area contributed by atoms with Gasteiger partial charge in [0.05, 0.1) is 11.4 Å². The van der Waals surface area contributed by atoms with Crippen molar-refractivity contribution in [2.45, 2.75) is 51.7 Å². The molecule has 1 fully saturated rings. The van der Waals surface area contributed by atoms with Gasteiger partial charge in [-0.2, -0.15) is 5.10 Å². The molecule has 5 nitrogen and oxygen atoms in total. The van der Waals surface area contributed by atoms with Gasteiger partial charge in [0.15, 0.2) is 5.65 Å². The van der Waals surface area contributed by atoms with Gasteiger partial charge < -0.3 is 5.32 Å². The molecule has 0 saturated carbocycles. The van der Waals surface area contributed by atoms with Crippen LogP contribution in [0, 0.1) is 6.92 Å². The van der Waals surface area contributed by atoms with Crippen molar-refractivity contribution in [2.24, 2.45) is 0 Å². The third-order valence-electron chi connectivity index (χ3n) is 6.97. The van der Waals surface area contributed by atoms with Crippen LogP contribution < -0.4 is 5.32 Å². The lowest BCUT2D eigenvalue weighted by molar-refractivity contribution is 0.197. The molecule has 0 aliphatic carbocycles. The Labute approximate surface area is 206 Å². The molecule has 1 aliphatic rings. The number of likely N-dealkylation sites (tertiary alicyclic amines) is 1. The van der Waals surface area contributed by atoms with Crippen molar-refractivity contribution < 1.29 is 0 Å². The van der Waals surface area contributed by atoms with Gasteiger partial charge in [0.25, 0.3) is 0 Å². The first kappa shape index (κ1) is 23.0. The molecule has 0 amide bonds. The second-order valence-electron chi connectivity index (χ2n) is 9.38. The molecule has 0 spiro atoms. The molecule has 34 heavy (non-hydrogen) atoms. The molecule has 0 bridgehead atoms. The second kappa shape index (κ2) is 10.3. The number of nitrogens with one attached hydrogen (secondary N) is 1. The number of halogens is 1. The summed E-state index contributed by atoms with van der Waals surface area (Å²) in [5.74, 6) is 0.440. The van der Waals surface area contributed by atoms with Crippen molar-refractivity contribution in [2.75, 3.05) is 13.1 Å². The zero-order valence-corrected chi connectivity index (χ0v) is 20.7. The zero-order valence-electron chi connectivity index (χ0n) is 19.9. The van der Waals surface area contributed by atoms with Crippen LogP contribution in [0.1, 0.15) is 59.8 Å². The lowest BCUT2D eigenvalue weighted by atomic mass is 9.94. The molecular formula is C28H32ClN5. The van der Waals surface area contributed by atoms with Gasteiger partial charge in [0.1, 0.15) is 0 Å². The Kier molecular flexibility index (Phi) is 6.95. The highest BCUT2D eigenvalue weighted by molar-refractivity contribution is 6.30. The van der Waals surface area contributed by atoms with E-state index in [-0.39, 0.29) is 6.04 Å². The van der Waals surface area contributed by atoms with E-state index in [9.17, 15) is 0 Å². The highest BCUT2D eigenvalue weighted by Gasteiger charge is 2.25. The SMILES string of the molecule is Cc1nn2c([C@@H]3CCCN(Cc4ccc(Cl)cc4)C3)ccnc2c1CN[C@H](C)c1ccccc1. The monoisotopic (exact) mass is 473 g/mol. The fourth-order valence-electron chi connectivity index (χ4n) is 5.03. The average Bonchev–Trinajstić information content (AvgIpc) is 3.19. The average molecular weight is 474 g/mol. The van der Waals surface area contributed by atoms with Gasteiger partial charge in [0.2, 0.25) is 0 Å². The van der Waals surface area contributed by atoms with Gasteiger partial charge in [-0.1, -0.05) is 54.1 Å². The van der Waals surface area contributed by atoms with E-state index >= 15 is 0 Å². The first-order chi connectivity index (χ1) is 16.6. The standard InChI is InChI=1S/C28H32ClN5/c1-20(23-7-4-3-5-8-23)31-17-26-21(2)32-34-27(14-15-30-28(26)34)24-9-6-16-33(19-24)18-22-10-12-25(29)13-11-22/h3-5,7-8,10-15,20,24,31H,6,9,16-19H2,1-2H3/t20-,24-/m1/s1. The third-order valence-corrected chi connectivity index (χ3v) is 7.22. The lowest BCUT2D eigenvalue weighted by Crippen LogP contribution is -2.34. The van der Waals surface area contributed by atoms with Crippen molar-refractivity contribution in [3.05, 3.63) is 100.0 Å². The van der Waals surface area contributed by atoms with E-state index in [1.807, 2.05) is 18.3 Å². The molecule has 2 atom stereocenters. The molecule has 1 aliphatic heterocycles. The number of hydrogen-bond donors (Lipinski definition) is 1. The van der Waals surface area contributed by atoms with Gasteiger partial charge >= 0.3 is 0 Å². The van der Waals surface area contributed by atoms with E-state index in [0.717, 1.165) is 42.5 Å². The van der Waals surface area contributed by atoms with E-state index in [0.29, 0.717) is 5.92 Å². The summed E-state index contributed by atoms with van der Waals surface area (Å²) in [6.45, 7) is 8.14. The first-order valence-electron chi connectivity index (χ1n) is 12.2. The fraction of sp³-hybridized carbons (Fsp3) is 0.357. The smallest absolute Gasteiger partial charge is 0.159 e. The van der Waals surface area contributed by atoms with E-state index in [4.69, 9.17) is 21.7 Å². The molecule has 3 heterocycles. The van der Waals surface area contributed by atoms with Crippen LogP contribution in [0.15, 0.2) is 66.9 Å². The predicted molar refractivity (Wildman–Crippen MR) is 138 cm³/mol. The quantitative estimate of drug-likeness (QED) is 0.362. The molecule has 4 aromatic rings. The van der Waals surface area contributed by atoms with E-state index in [1.54, 1.807) is 0 Å². The molecule has 0 unspecified atom stereocenters. The summed E-state index contributed by atoms with van der Waals surface area (Å²) in [6, 6.07) is 21.2. The number of hydrogen-bond acceptors (Lipinski definition) is 4.